The van der Waals surface area contributed by atoms with Gasteiger partial charge in [-0.15, -0.1) is 0 Å². The average molecular weight is 154 g/mol. The molecule has 0 saturated carbocycles. The molecule has 2 amide bonds. The quantitative estimate of drug-likeness (QED) is 0.462. The van der Waals surface area contributed by atoms with Crippen LogP contribution in [0.1, 0.15) is 22.0 Å². The van der Waals surface area contributed by atoms with Gasteiger partial charge in [0.2, 0.25) is 11.8 Å². The van der Waals surface area contributed by atoms with E-state index in [9.17, 15) is 9.59 Å². The Morgan fingerprint density at radius 1 is 1.50 bits per heavy atom. The van der Waals surface area contributed by atoms with E-state index in [4.69, 9.17) is 9.64 Å². The van der Waals surface area contributed by atoms with Crippen molar-refractivity contribution in [1.82, 2.24) is 10.6 Å². The topological polar surface area (TPSA) is 58.2 Å². The molecule has 0 aromatic heterocycles. The summed E-state index contributed by atoms with van der Waals surface area (Å²) in [6.07, 6.45) is 0. The normalized spacial score (nSPS) is 19.6. The van der Waals surface area contributed by atoms with Crippen LogP contribution in [-0.4, -0.2) is 25.8 Å². The number of nitrogens with one attached hydrogen (secondary N) is 2. The molecule has 0 aromatic rings. The minimum absolute atomic E-state index is 0.00463. The molecule has 0 radical (unpaired) electrons. The Morgan fingerprint density at radius 2 is 2.00 bits per heavy atom. The minimum Gasteiger partial charge on any atom is -0.359 e. The third-order valence-electron chi connectivity index (χ3n) is 0.454. The van der Waals surface area contributed by atoms with Gasteiger partial charge < -0.3 is 10.6 Å². The fourth-order valence-electron chi connectivity index (χ4n) is 0. The predicted molar refractivity (Wildman–Crippen MR) is 39.5 cm³/mol. The zero-order chi connectivity index (χ0) is 14.4. The van der Waals surface area contributed by atoms with E-state index >= 15 is 0 Å². The van der Waals surface area contributed by atoms with Crippen molar-refractivity contribution >= 4 is 11.8 Å². The van der Waals surface area contributed by atoms with E-state index in [1.165, 1.54) is 6.92 Å². The van der Waals surface area contributed by atoms with Crippen molar-refractivity contribution in [2.24, 2.45) is 0 Å². The molecule has 0 atom stereocenters. The molecule has 2 N–H and O–H groups in total. The highest BCUT2D eigenvalue weighted by atomic mass is 16.2. The van der Waals surface area contributed by atoms with Gasteiger partial charge in [0.05, 0.1) is 0 Å². The summed E-state index contributed by atoms with van der Waals surface area (Å²) in [7, 11) is 1.60. The van der Waals surface area contributed by atoms with Crippen LogP contribution in [0.4, 0.5) is 0 Å². The van der Waals surface area contributed by atoms with Gasteiger partial charge in [0.15, 0.2) is 1.41 Å². The summed E-state index contributed by atoms with van der Waals surface area (Å²) < 4.78 is 45.9. The molecule has 10 heavy (non-hydrogen) atoms. The molecular weight excluding hydrogens is 133 g/mol. The number of carbonyl (C=O) groups excluding carboxylic acids is 2. The molecule has 0 aliphatic rings. The Labute approximate surface area is 70.9 Å². The van der Waals surface area contributed by atoms with Crippen LogP contribution >= 0.6 is 0 Å². The summed E-state index contributed by atoms with van der Waals surface area (Å²) in [5.74, 6) is -1.70. The van der Waals surface area contributed by atoms with Crippen LogP contribution in [0.2, 0.25) is 1.41 Å². The molecule has 0 unspecified atom stereocenters. The minimum atomic E-state index is -3.07. The van der Waals surface area contributed by atoms with Crippen molar-refractivity contribution in [3.05, 3.63) is 0 Å². The fourth-order valence-corrected chi connectivity index (χ4v) is 0. The molecule has 0 bridgehead atoms. The number of hydrogen-bond donors (Lipinski definition) is 2. The average Bonchev–Trinajstić information content (AvgIpc) is 2.13. The highest BCUT2D eigenvalue weighted by Gasteiger charge is 1.73. The SMILES string of the molecule is C[15NH]C(C)=O.[2H]N(C(=O)C([2H])([2H])[2H])C([2H])([2H])[2H]. The van der Waals surface area contributed by atoms with Crippen molar-refractivity contribution in [1.29, 1.82) is 0 Å². The van der Waals surface area contributed by atoms with Crippen LogP contribution in [0.15, 0.2) is 0 Å². The van der Waals surface area contributed by atoms with E-state index in [1.807, 2.05) is 0 Å². The lowest BCUT2D eigenvalue weighted by molar-refractivity contribution is -0.119. The number of carbonyl (C=O) groups is 2. The fraction of sp³-hybridized carbons (Fsp3) is 0.667. The van der Waals surface area contributed by atoms with Crippen molar-refractivity contribution < 1.29 is 19.2 Å². The molecule has 0 aromatic carbocycles. The first-order valence-electron chi connectivity index (χ1n) is 5.80. The van der Waals surface area contributed by atoms with Crippen LogP contribution in [-0.2, 0) is 9.59 Å². The van der Waals surface area contributed by atoms with Crippen molar-refractivity contribution in [2.45, 2.75) is 13.8 Å². The monoisotopic (exact) mass is 154 g/mol. The van der Waals surface area contributed by atoms with Gasteiger partial charge >= 0.3 is 0 Å². The highest BCUT2D eigenvalue weighted by Crippen LogP contribution is 1.45. The molecule has 0 spiro atoms. The predicted octanol–water partition coefficient (Wildman–Crippen LogP) is -0.495. The molecule has 60 valence electrons. The van der Waals surface area contributed by atoms with E-state index in [1.54, 1.807) is 7.05 Å². The van der Waals surface area contributed by atoms with Gasteiger partial charge in [-0.1, -0.05) is 0 Å². The Hall–Kier alpha value is -1.06. The van der Waals surface area contributed by atoms with Gasteiger partial charge in [-0.3, -0.25) is 9.59 Å². The number of amides is 2. The van der Waals surface area contributed by atoms with E-state index in [0.717, 1.165) is 0 Å². The summed E-state index contributed by atoms with van der Waals surface area (Å²) in [5.41, 5.74) is 0. The maximum absolute atomic E-state index is 10.6. The molecule has 0 fully saturated rings. The van der Waals surface area contributed by atoms with Gasteiger partial charge in [0.1, 0.15) is 0 Å². The second-order valence-corrected chi connectivity index (χ2v) is 1.22. The first-order valence-corrected chi connectivity index (χ1v) is 2.36. The lowest BCUT2D eigenvalue weighted by Gasteiger charge is -1.80. The maximum atomic E-state index is 10.6. The second-order valence-electron chi connectivity index (χ2n) is 1.22. The van der Waals surface area contributed by atoms with Crippen LogP contribution in [0.25, 0.3) is 0 Å². The van der Waals surface area contributed by atoms with Gasteiger partial charge in [0.25, 0.3) is 0 Å². The summed E-state index contributed by atoms with van der Waals surface area (Å²) in [5, 5.41) is 1.87. The van der Waals surface area contributed by atoms with Gasteiger partial charge in [-0.25, -0.2) is 0 Å². The van der Waals surface area contributed by atoms with E-state index in [0.29, 0.717) is 0 Å². The van der Waals surface area contributed by atoms with E-state index in [-0.39, 0.29) is 5.91 Å². The Morgan fingerprint density at radius 3 is 2.10 bits per heavy atom. The second kappa shape index (κ2) is 7.94. The van der Waals surface area contributed by atoms with Crippen LogP contribution < -0.4 is 10.6 Å². The maximum Gasteiger partial charge on any atom is 0.216 e. The molecular formula is C6H14N2O2. The molecule has 0 aliphatic heterocycles. The molecule has 4 heteroatoms. The highest BCUT2D eigenvalue weighted by molar-refractivity contribution is 5.72. The molecule has 0 heterocycles. The summed E-state index contributed by atoms with van der Waals surface area (Å²) in [6, 6.07) is 0. The van der Waals surface area contributed by atoms with Gasteiger partial charge in [-0.05, 0) is 0 Å². The Bertz CT molecular complexity index is 273. The lowest BCUT2D eigenvalue weighted by Crippen LogP contribution is -2.11. The zero-order valence-electron chi connectivity index (χ0n) is 12.8. The first kappa shape index (κ1) is 2.90. The van der Waals surface area contributed by atoms with Crippen molar-refractivity contribution in [3.63, 3.8) is 0 Å². The van der Waals surface area contributed by atoms with Crippen LogP contribution in [0, 0.1) is 0 Å². The van der Waals surface area contributed by atoms with E-state index in [2.05, 4.69) is 5.32 Å². The summed E-state index contributed by atoms with van der Waals surface area (Å²) in [4.78, 5) is 20.3. The van der Waals surface area contributed by atoms with Crippen molar-refractivity contribution in [3.8, 4) is 0 Å². The zero-order valence-corrected chi connectivity index (χ0v) is 5.76. The van der Waals surface area contributed by atoms with Crippen LogP contribution in [0.5, 0.6) is 0 Å². The largest absolute Gasteiger partial charge is 0.359 e. The Kier molecular flexibility index (Phi) is 2.30. The van der Waals surface area contributed by atoms with Gasteiger partial charge in [0, 0.05) is 36.0 Å². The van der Waals surface area contributed by atoms with E-state index < -0.39 is 25.0 Å². The standard InChI is InChI=1S/2C3H7NO/c2*1-3(5)4-2/h2*1-2H3,(H,4,5)/i1D3,2D3;4+1/hD. The summed E-state index contributed by atoms with van der Waals surface area (Å²) >= 11 is 0. The molecule has 0 aliphatic carbocycles. The van der Waals surface area contributed by atoms with Crippen molar-refractivity contribution in [2.75, 3.05) is 14.0 Å². The molecule has 0 rings (SSSR count). The smallest absolute Gasteiger partial charge is 0.216 e. The van der Waals surface area contributed by atoms with Crippen LogP contribution in [0.3, 0.4) is 0 Å². The third kappa shape index (κ3) is 28.3. The van der Waals surface area contributed by atoms with Gasteiger partial charge in [-0.2, -0.15) is 0 Å². The molecule has 4 nitrogen and oxygen atoms in total. The number of hydrogen-bond acceptors (Lipinski definition) is 2. The number of rotatable bonds is 0. The first-order chi connectivity index (χ1) is 7.34. The third-order valence-corrected chi connectivity index (χ3v) is 0.454. The summed E-state index contributed by atoms with van der Waals surface area (Å²) in [6.45, 7) is -4.62. The lowest BCUT2D eigenvalue weighted by atomic mass is 10.7. The Balaban J connectivity index is 0. The molecule has 0 saturated heterocycles.